The summed E-state index contributed by atoms with van der Waals surface area (Å²) in [5, 5.41) is 2.98. The summed E-state index contributed by atoms with van der Waals surface area (Å²) in [4.78, 5) is 19.0. The third kappa shape index (κ3) is 2.58. The Hall–Kier alpha value is -1.62. The number of imidazole rings is 1. The Morgan fingerprint density at radius 1 is 1.45 bits per heavy atom. The van der Waals surface area contributed by atoms with Gasteiger partial charge in [0.1, 0.15) is 0 Å². The van der Waals surface area contributed by atoms with Gasteiger partial charge in [-0.3, -0.25) is 10.1 Å². The molecule has 0 unspecified atom stereocenters. The molecular weight excluding hydrogens is 294 g/mol. The number of hydrogen-bond donors (Lipinski definition) is 1. The van der Waals surface area contributed by atoms with Gasteiger partial charge in [-0.05, 0) is 49.1 Å². The van der Waals surface area contributed by atoms with Gasteiger partial charge < -0.3 is 4.57 Å². The molecule has 0 aromatic carbocycles. The van der Waals surface area contributed by atoms with Crippen LogP contribution in [-0.4, -0.2) is 15.5 Å². The summed E-state index contributed by atoms with van der Waals surface area (Å²) in [6.07, 6.45) is 9.45. The van der Waals surface area contributed by atoms with Crippen LogP contribution in [0.2, 0.25) is 0 Å². The van der Waals surface area contributed by atoms with E-state index in [9.17, 15) is 4.79 Å². The summed E-state index contributed by atoms with van der Waals surface area (Å²) in [6.45, 7) is 4.61. The SMILES string of the molecule is CC1(C)CCc2sc(C(=O)Nc3nccn3C3CC3)cc2C1. The highest BCUT2D eigenvalue weighted by Gasteiger charge is 2.29. The zero-order valence-electron chi connectivity index (χ0n) is 13.1. The van der Waals surface area contributed by atoms with Gasteiger partial charge in [-0.2, -0.15) is 0 Å². The van der Waals surface area contributed by atoms with Crippen molar-refractivity contribution in [1.29, 1.82) is 0 Å². The van der Waals surface area contributed by atoms with Gasteiger partial charge in [-0.1, -0.05) is 13.8 Å². The fourth-order valence-corrected chi connectivity index (χ4v) is 4.29. The fraction of sp³-hybridized carbons (Fsp3) is 0.529. The first-order chi connectivity index (χ1) is 10.5. The molecule has 4 rings (SSSR count). The van der Waals surface area contributed by atoms with Crippen LogP contribution in [0.3, 0.4) is 0 Å². The number of rotatable bonds is 3. The van der Waals surface area contributed by atoms with E-state index in [-0.39, 0.29) is 5.91 Å². The lowest BCUT2D eigenvalue weighted by atomic mass is 9.77. The molecule has 1 amide bonds. The van der Waals surface area contributed by atoms with Crippen LogP contribution in [0.15, 0.2) is 18.5 Å². The second-order valence-corrected chi connectivity index (χ2v) is 8.38. The Bertz CT molecular complexity index is 724. The van der Waals surface area contributed by atoms with Crippen molar-refractivity contribution >= 4 is 23.2 Å². The molecule has 1 saturated carbocycles. The van der Waals surface area contributed by atoms with Gasteiger partial charge in [-0.25, -0.2) is 4.98 Å². The molecule has 2 aliphatic rings. The third-order valence-electron chi connectivity index (χ3n) is 4.65. The number of nitrogens with zero attached hydrogens (tertiary/aromatic N) is 2. The minimum absolute atomic E-state index is 0.0229. The monoisotopic (exact) mass is 315 g/mol. The molecule has 0 spiro atoms. The highest BCUT2D eigenvalue weighted by molar-refractivity contribution is 7.14. The van der Waals surface area contributed by atoms with E-state index in [0.717, 1.165) is 17.7 Å². The van der Waals surface area contributed by atoms with Crippen LogP contribution in [0.25, 0.3) is 0 Å². The van der Waals surface area contributed by atoms with Crippen LogP contribution >= 0.6 is 11.3 Å². The Morgan fingerprint density at radius 2 is 2.27 bits per heavy atom. The fourth-order valence-electron chi connectivity index (χ4n) is 3.22. The maximum absolute atomic E-state index is 12.5. The molecule has 2 heterocycles. The molecule has 0 atom stereocenters. The molecule has 0 saturated heterocycles. The van der Waals surface area contributed by atoms with Gasteiger partial charge in [0.2, 0.25) is 5.95 Å². The average molecular weight is 315 g/mol. The van der Waals surface area contributed by atoms with Crippen LogP contribution in [-0.2, 0) is 12.8 Å². The number of aromatic nitrogens is 2. The number of carbonyl (C=O) groups excluding carboxylic acids is 1. The standard InChI is InChI=1S/C17H21N3OS/c1-17(2)6-5-13-11(10-17)9-14(22-13)15(21)19-16-18-7-8-20(16)12-3-4-12/h7-9,12H,3-6,10H2,1-2H3,(H,18,19,21). The predicted molar refractivity (Wildman–Crippen MR) is 88.6 cm³/mol. The first kappa shape index (κ1) is 14.0. The molecule has 0 bridgehead atoms. The number of amides is 1. The third-order valence-corrected chi connectivity index (χ3v) is 5.89. The molecule has 2 aliphatic carbocycles. The maximum atomic E-state index is 12.5. The average Bonchev–Trinajstić information content (AvgIpc) is 3.05. The van der Waals surface area contributed by atoms with Gasteiger partial charge in [0.25, 0.3) is 5.91 Å². The highest BCUT2D eigenvalue weighted by atomic mass is 32.1. The Kier molecular flexibility index (Phi) is 3.15. The highest BCUT2D eigenvalue weighted by Crippen LogP contribution is 2.39. The topological polar surface area (TPSA) is 46.9 Å². The molecule has 0 aliphatic heterocycles. The quantitative estimate of drug-likeness (QED) is 0.929. The molecule has 5 heteroatoms. The molecule has 1 fully saturated rings. The molecule has 2 aromatic rings. The Morgan fingerprint density at radius 3 is 3.05 bits per heavy atom. The minimum atomic E-state index is -0.0229. The zero-order valence-corrected chi connectivity index (χ0v) is 13.9. The van der Waals surface area contributed by atoms with E-state index in [2.05, 4.69) is 34.8 Å². The molecule has 22 heavy (non-hydrogen) atoms. The van der Waals surface area contributed by atoms with E-state index in [1.54, 1.807) is 17.5 Å². The van der Waals surface area contributed by atoms with Crippen LogP contribution in [0.1, 0.15) is 59.3 Å². The van der Waals surface area contributed by atoms with E-state index >= 15 is 0 Å². The largest absolute Gasteiger partial charge is 0.314 e. The summed E-state index contributed by atoms with van der Waals surface area (Å²) >= 11 is 1.65. The molecule has 4 nitrogen and oxygen atoms in total. The maximum Gasteiger partial charge on any atom is 0.268 e. The number of nitrogens with one attached hydrogen (secondary N) is 1. The Labute approximate surface area is 134 Å². The van der Waals surface area contributed by atoms with E-state index in [1.807, 2.05) is 6.20 Å². The summed E-state index contributed by atoms with van der Waals surface area (Å²) in [6, 6.07) is 2.61. The lowest BCUT2D eigenvalue weighted by Gasteiger charge is -2.29. The molecule has 1 N–H and O–H groups in total. The van der Waals surface area contributed by atoms with Crippen LogP contribution in [0.5, 0.6) is 0 Å². The smallest absolute Gasteiger partial charge is 0.268 e. The van der Waals surface area contributed by atoms with Gasteiger partial charge in [0.05, 0.1) is 4.88 Å². The first-order valence-corrected chi connectivity index (χ1v) is 8.79. The van der Waals surface area contributed by atoms with Crippen LogP contribution < -0.4 is 5.32 Å². The number of aryl methyl sites for hydroxylation is 1. The zero-order chi connectivity index (χ0) is 15.3. The van der Waals surface area contributed by atoms with E-state index < -0.39 is 0 Å². The van der Waals surface area contributed by atoms with Gasteiger partial charge in [0, 0.05) is 23.3 Å². The summed E-state index contributed by atoms with van der Waals surface area (Å²) in [5.74, 6) is 0.657. The van der Waals surface area contributed by atoms with Crippen molar-refractivity contribution in [2.24, 2.45) is 5.41 Å². The number of carbonyl (C=O) groups is 1. The number of anilines is 1. The normalized spacial score (nSPS) is 19.7. The van der Waals surface area contributed by atoms with E-state index in [4.69, 9.17) is 0 Å². The van der Waals surface area contributed by atoms with Crippen molar-refractivity contribution in [3.8, 4) is 0 Å². The van der Waals surface area contributed by atoms with Crippen molar-refractivity contribution in [3.05, 3.63) is 33.8 Å². The number of thiophene rings is 1. The van der Waals surface area contributed by atoms with Crippen molar-refractivity contribution in [1.82, 2.24) is 9.55 Å². The lowest BCUT2D eigenvalue weighted by Crippen LogP contribution is -2.20. The lowest BCUT2D eigenvalue weighted by molar-refractivity contribution is 0.102. The second kappa shape index (κ2) is 4.95. The first-order valence-electron chi connectivity index (χ1n) is 7.98. The predicted octanol–water partition coefficient (Wildman–Crippen LogP) is 4.05. The summed E-state index contributed by atoms with van der Waals surface area (Å²) in [7, 11) is 0. The van der Waals surface area contributed by atoms with E-state index in [0.29, 0.717) is 17.4 Å². The second-order valence-electron chi connectivity index (χ2n) is 7.24. The number of fused-ring (bicyclic) bond motifs is 1. The summed E-state index contributed by atoms with van der Waals surface area (Å²) < 4.78 is 2.08. The van der Waals surface area contributed by atoms with Gasteiger partial charge in [-0.15, -0.1) is 11.3 Å². The van der Waals surface area contributed by atoms with Crippen LogP contribution in [0, 0.1) is 5.41 Å². The minimum Gasteiger partial charge on any atom is -0.314 e. The van der Waals surface area contributed by atoms with Crippen molar-refractivity contribution < 1.29 is 4.79 Å². The molecule has 0 radical (unpaired) electrons. The molecule has 116 valence electrons. The van der Waals surface area contributed by atoms with Crippen molar-refractivity contribution in [2.75, 3.05) is 5.32 Å². The van der Waals surface area contributed by atoms with E-state index in [1.165, 1.54) is 29.7 Å². The Balaban J connectivity index is 1.54. The van der Waals surface area contributed by atoms with Gasteiger partial charge >= 0.3 is 0 Å². The van der Waals surface area contributed by atoms with Crippen molar-refractivity contribution in [2.45, 2.75) is 52.0 Å². The van der Waals surface area contributed by atoms with Crippen molar-refractivity contribution in [3.63, 3.8) is 0 Å². The van der Waals surface area contributed by atoms with Crippen LogP contribution in [0.4, 0.5) is 5.95 Å². The number of hydrogen-bond acceptors (Lipinski definition) is 3. The molecular formula is C17H21N3OS. The summed E-state index contributed by atoms with van der Waals surface area (Å²) in [5.41, 5.74) is 1.71. The molecule has 2 aromatic heterocycles. The van der Waals surface area contributed by atoms with Gasteiger partial charge in [0.15, 0.2) is 0 Å².